The van der Waals surface area contributed by atoms with E-state index in [2.05, 4.69) is 10.6 Å². The van der Waals surface area contributed by atoms with E-state index in [4.69, 9.17) is 9.47 Å². The molecule has 1 saturated heterocycles. The summed E-state index contributed by atoms with van der Waals surface area (Å²) < 4.78 is 10.8. The van der Waals surface area contributed by atoms with Crippen molar-refractivity contribution in [1.29, 1.82) is 0 Å². The molecule has 21 heavy (non-hydrogen) atoms. The second-order valence-corrected chi connectivity index (χ2v) is 5.08. The van der Waals surface area contributed by atoms with Crippen molar-refractivity contribution in [3.05, 3.63) is 22.2 Å². The summed E-state index contributed by atoms with van der Waals surface area (Å²) in [6.07, 6.45) is 0.985. The molecule has 8 heteroatoms. The average molecular weight is 293 g/mol. The van der Waals surface area contributed by atoms with E-state index in [1.165, 1.54) is 12.1 Å². The monoisotopic (exact) mass is 293 g/mol. The Bertz CT molecular complexity index is 583. The Kier molecular flexibility index (Phi) is 3.61. The lowest BCUT2D eigenvalue weighted by Gasteiger charge is -2.19. The van der Waals surface area contributed by atoms with Gasteiger partial charge >= 0.3 is 5.69 Å². The maximum absolute atomic E-state index is 11.3. The van der Waals surface area contributed by atoms with E-state index in [-0.39, 0.29) is 29.7 Å². The van der Waals surface area contributed by atoms with E-state index < -0.39 is 4.92 Å². The molecule has 1 aromatic rings. The number of nitrogens with zero attached hydrogens (tertiary/aromatic N) is 1. The fourth-order valence-corrected chi connectivity index (χ4v) is 2.42. The first-order chi connectivity index (χ1) is 10.1. The van der Waals surface area contributed by atoms with E-state index >= 15 is 0 Å². The number of nitro benzene ring substituents is 1. The van der Waals surface area contributed by atoms with Gasteiger partial charge in [0.2, 0.25) is 0 Å². The zero-order chi connectivity index (χ0) is 14.8. The molecule has 112 valence electrons. The predicted molar refractivity (Wildman–Crippen MR) is 73.7 cm³/mol. The summed E-state index contributed by atoms with van der Waals surface area (Å²) in [5.41, 5.74) is 0.243. The van der Waals surface area contributed by atoms with E-state index in [1.54, 1.807) is 0 Å². The molecular formula is C13H15N3O5. The molecule has 0 spiro atoms. The quantitative estimate of drug-likeness (QED) is 0.632. The van der Waals surface area contributed by atoms with Crippen LogP contribution in [0.3, 0.4) is 0 Å². The number of hydrogen-bond donors (Lipinski definition) is 2. The molecule has 2 heterocycles. The maximum atomic E-state index is 11.3. The third-order valence-corrected chi connectivity index (χ3v) is 3.53. The number of carbonyl (C=O) groups is 1. The van der Waals surface area contributed by atoms with Crippen LogP contribution in [0.4, 0.5) is 11.4 Å². The number of nitrogens with one attached hydrogen (secondary N) is 2. The van der Waals surface area contributed by atoms with Gasteiger partial charge in [-0.25, -0.2) is 0 Å². The molecular weight excluding hydrogens is 278 g/mol. The molecule has 1 unspecified atom stereocenters. The SMILES string of the molecule is O=C1COc2cc([N+](=O)[O-])c(OCC3CCNC3)cc2N1. The van der Waals surface area contributed by atoms with Crippen LogP contribution in [0.5, 0.6) is 11.5 Å². The minimum absolute atomic E-state index is 0.141. The van der Waals surface area contributed by atoms with Crippen molar-refractivity contribution in [3.63, 3.8) is 0 Å². The molecule has 1 fully saturated rings. The number of amides is 1. The molecule has 0 aromatic heterocycles. The largest absolute Gasteiger partial charge is 0.486 e. The van der Waals surface area contributed by atoms with Gasteiger partial charge < -0.3 is 20.1 Å². The zero-order valence-electron chi connectivity index (χ0n) is 11.3. The van der Waals surface area contributed by atoms with Crippen molar-refractivity contribution in [1.82, 2.24) is 5.32 Å². The Hall–Kier alpha value is -2.35. The molecule has 2 aliphatic heterocycles. The molecule has 1 amide bonds. The van der Waals surface area contributed by atoms with Crippen LogP contribution in [0, 0.1) is 16.0 Å². The molecule has 2 aliphatic rings. The second kappa shape index (κ2) is 5.57. The minimum atomic E-state index is -0.512. The van der Waals surface area contributed by atoms with Gasteiger partial charge in [-0.15, -0.1) is 0 Å². The lowest BCUT2D eigenvalue weighted by Crippen LogP contribution is -2.25. The highest BCUT2D eigenvalue weighted by Gasteiger charge is 2.25. The lowest BCUT2D eigenvalue weighted by atomic mass is 10.1. The van der Waals surface area contributed by atoms with Crippen molar-refractivity contribution in [3.8, 4) is 11.5 Å². The number of nitro groups is 1. The zero-order valence-corrected chi connectivity index (χ0v) is 11.3. The number of benzene rings is 1. The summed E-state index contributed by atoms with van der Waals surface area (Å²) in [5.74, 6) is 0.487. The summed E-state index contributed by atoms with van der Waals surface area (Å²) in [4.78, 5) is 21.9. The standard InChI is InChI=1S/C13H15N3O5/c17-13-7-21-11-4-10(16(18)19)12(3-9(11)15-13)20-6-8-1-2-14-5-8/h3-4,8,14H,1-2,5-7H2,(H,15,17). The lowest BCUT2D eigenvalue weighted by molar-refractivity contribution is -0.386. The molecule has 0 radical (unpaired) electrons. The Morgan fingerprint density at radius 2 is 2.33 bits per heavy atom. The first-order valence-electron chi connectivity index (χ1n) is 6.72. The fourth-order valence-electron chi connectivity index (χ4n) is 2.42. The van der Waals surface area contributed by atoms with Gasteiger partial charge in [0.15, 0.2) is 18.1 Å². The number of rotatable bonds is 4. The first kappa shape index (κ1) is 13.6. The van der Waals surface area contributed by atoms with Crippen molar-refractivity contribution in [2.75, 3.05) is 31.6 Å². The van der Waals surface area contributed by atoms with Crippen LogP contribution >= 0.6 is 0 Å². The Balaban J connectivity index is 1.84. The van der Waals surface area contributed by atoms with Gasteiger partial charge in [-0.2, -0.15) is 0 Å². The molecule has 1 aromatic carbocycles. The molecule has 2 N–H and O–H groups in total. The van der Waals surface area contributed by atoms with E-state index in [0.29, 0.717) is 18.2 Å². The number of hydrogen-bond acceptors (Lipinski definition) is 6. The fraction of sp³-hybridized carbons (Fsp3) is 0.462. The Morgan fingerprint density at radius 1 is 1.48 bits per heavy atom. The van der Waals surface area contributed by atoms with Crippen molar-refractivity contribution < 1.29 is 19.2 Å². The smallest absolute Gasteiger partial charge is 0.314 e. The number of anilines is 1. The molecule has 0 bridgehead atoms. The van der Waals surface area contributed by atoms with Crippen LogP contribution in [-0.2, 0) is 4.79 Å². The summed E-state index contributed by atoms with van der Waals surface area (Å²) >= 11 is 0. The van der Waals surface area contributed by atoms with E-state index in [9.17, 15) is 14.9 Å². The van der Waals surface area contributed by atoms with Crippen LogP contribution in [-0.4, -0.2) is 37.1 Å². The molecule has 1 atom stereocenters. The summed E-state index contributed by atoms with van der Waals surface area (Å²) in [6, 6.07) is 2.74. The number of fused-ring (bicyclic) bond motifs is 1. The van der Waals surface area contributed by atoms with Crippen molar-refractivity contribution >= 4 is 17.3 Å². The first-order valence-corrected chi connectivity index (χ1v) is 6.72. The van der Waals surface area contributed by atoms with Gasteiger partial charge in [-0.05, 0) is 13.0 Å². The highest BCUT2D eigenvalue weighted by Crippen LogP contribution is 2.39. The van der Waals surface area contributed by atoms with Gasteiger partial charge in [0, 0.05) is 18.5 Å². The summed E-state index contributed by atoms with van der Waals surface area (Å²) in [6.45, 7) is 2.04. The maximum Gasteiger partial charge on any atom is 0.314 e. The van der Waals surface area contributed by atoms with Crippen LogP contribution in [0.25, 0.3) is 0 Å². The normalized spacial score (nSPS) is 20.4. The van der Waals surface area contributed by atoms with Crippen LogP contribution in [0.1, 0.15) is 6.42 Å². The Labute approximate surface area is 120 Å². The third-order valence-electron chi connectivity index (χ3n) is 3.53. The van der Waals surface area contributed by atoms with Crippen LogP contribution in [0.15, 0.2) is 12.1 Å². The van der Waals surface area contributed by atoms with Crippen LogP contribution in [0.2, 0.25) is 0 Å². The molecule has 8 nitrogen and oxygen atoms in total. The van der Waals surface area contributed by atoms with Crippen LogP contribution < -0.4 is 20.1 Å². The highest BCUT2D eigenvalue weighted by atomic mass is 16.6. The summed E-state index contributed by atoms with van der Waals surface area (Å²) in [7, 11) is 0. The third kappa shape index (κ3) is 2.89. The topological polar surface area (TPSA) is 103 Å². The van der Waals surface area contributed by atoms with Crippen molar-refractivity contribution in [2.24, 2.45) is 5.92 Å². The van der Waals surface area contributed by atoms with Gasteiger partial charge in [0.1, 0.15) is 0 Å². The number of ether oxygens (including phenoxy) is 2. The molecule has 3 rings (SSSR count). The minimum Gasteiger partial charge on any atom is -0.486 e. The van der Waals surface area contributed by atoms with Gasteiger partial charge in [-0.1, -0.05) is 0 Å². The van der Waals surface area contributed by atoms with Gasteiger partial charge in [0.05, 0.1) is 23.3 Å². The highest BCUT2D eigenvalue weighted by molar-refractivity contribution is 5.96. The van der Waals surface area contributed by atoms with Gasteiger partial charge in [-0.3, -0.25) is 14.9 Å². The predicted octanol–water partition coefficient (Wildman–Crippen LogP) is 0.914. The second-order valence-electron chi connectivity index (χ2n) is 5.08. The van der Waals surface area contributed by atoms with Crippen molar-refractivity contribution in [2.45, 2.75) is 6.42 Å². The van der Waals surface area contributed by atoms with E-state index in [0.717, 1.165) is 19.5 Å². The van der Waals surface area contributed by atoms with E-state index in [1.807, 2.05) is 0 Å². The average Bonchev–Trinajstić information content (AvgIpc) is 2.97. The molecule has 0 aliphatic carbocycles. The van der Waals surface area contributed by atoms with Gasteiger partial charge in [0.25, 0.3) is 5.91 Å². The Morgan fingerprint density at radius 3 is 3.05 bits per heavy atom. The number of carbonyl (C=O) groups excluding carboxylic acids is 1. The summed E-state index contributed by atoms with van der Waals surface area (Å²) in [5, 5.41) is 17.0. The molecule has 0 saturated carbocycles.